The SMILES string of the molecule is O=C(C=Cc1cccs1)NNC(=O)c1ccccc1Cl. The van der Waals surface area contributed by atoms with Crippen LogP contribution in [0.4, 0.5) is 0 Å². The number of benzene rings is 1. The van der Waals surface area contributed by atoms with Gasteiger partial charge in [-0.05, 0) is 29.7 Å². The van der Waals surface area contributed by atoms with E-state index in [9.17, 15) is 9.59 Å². The highest BCUT2D eigenvalue weighted by Crippen LogP contribution is 2.14. The minimum atomic E-state index is -0.464. The summed E-state index contributed by atoms with van der Waals surface area (Å²) in [6, 6.07) is 10.4. The third-order valence-electron chi connectivity index (χ3n) is 2.36. The quantitative estimate of drug-likeness (QED) is 0.676. The fourth-order valence-electron chi connectivity index (χ4n) is 1.42. The van der Waals surface area contributed by atoms with E-state index >= 15 is 0 Å². The third kappa shape index (κ3) is 3.94. The molecule has 0 fully saturated rings. The minimum absolute atomic E-state index is 0.303. The summed E-state index contributed by atoms with van der Waals surface area (Å²) in [6.45, 7) is 0. The lowest BCUT2D eigenvalue weighted by Crippen LogP contribution is -2.40. The maximum Gasteiger partial charge on any atom is 0.271 e. The Bertz CT molecular complexity index is 638. The second kappa shape index (κ2) is 6.88. The number of thiophene rings is 1. The molecule has 0 saturated heterocycles. The van der Waals surface area contributed by atoms with Crippen LogP contribution in [0.15, 0.2) is 47.9 Å². The van der Waals surface area contributed by atoms with Gasteiger partial charge in [0.05, 0.1) is 10.6 Å². The van der Waals surface area contributed by atoms with E-state index in [1.54, 1.807) is 30.3 Å². The Labute approximate surface area is 125 Å². The largest absolute Gasteiger partial charge is 0.271 e. The summed E-state index contributed by atoms with van der Waals surface area (Å²) in [7, 11) is 0. The lowest BCUT2D eigenvalue weighted by Gasteiger charge is -2.06. The van der Waals surface area contributed by atoms with E-state index in [1.165, 1.54) is 17.4 Å². The number of nitrogens with one attached hydrogen (secondary N) is 2. The molecule has 1 aromatic carbocycles. The summed E-state index contributed by atoms with van der Waals surface area (Å²) in [4.78, 5) is 24.2. The molecule has 0 aliphatic carbocycles. The molecule has 0 bridgehead atoms. The first-order valence-corrected chi connectivity index (χ1v) is 6.99. The molecule has 2 amide bonds. The maximum absolute atomic E-state index is 11.8. The van der Waals surface area contributed by atoms with E-state index in [0.717, 1.165) is 4.88 Å². The Morgan fingerprint density at radius 2 is 1.90 bits per heavy atom. The number of hydrogen-bond donors (Lipinski definition) is 2. The van der Waals surface area contributed by atoms with Crippen LogP contribution >= 0.6 is 22.9 Å². The molecular formula is C14H11ClN2O2S. The van der Waals surface area contributed by atoms with Gasteiger partial charge in [0.15, 0.2) is 0 Å². The average Bonchev–Trinajstić information content (AvgIpc) is 2.96. The van der Waals surface area contributed by atoms with Crippen LogP contribution in [0, 0.1) is 0 Å². The molecule has 0 unspecified atom stereocenters. The molecule has 1 aromatic heterocycles. The van der Waals surface area contributed by atoms with Gasteiger partial charge in [0, 0.05) is 11.0 Å². The standard InChI is InChI=1S/C14H11ClN2O2S/c15-12-6-2-1-5-11(12)14(19)17-16-13(18)8-7-10-4-3-9-20-10/h1-9H,(H,16,18)(H,17,19). The van der Waals surface area contributed by atoms with Crippen molar-refractivity contribution in [1.82, 2.24) is 10.9 Å². The second-order valence-electron chi connectivity index (χ2n) is 3.77. The Balaban J connectivity index is 1.87. The number of carbonyl (C=O) groups excluding carboxylic acids is 2. The predicted octanol–water partition coefficient (Wildman–Crippen LogP) is 2.88. The molecule has 0 aliphatic rings. The van der Waals surface area contributed by atoms with Crippen molar-refractivity contribution in [1.29, 1.82) is 0 Å². The Morgan fingerprint density at radius 3 is 2.60 bits per heavy atom. The monoisotopic (exact) mass is 306 g/mol. The van der Waals surface area contributed by atoms with Crippen molar-refractivity contribution < 1.29 is 9.59 Å². The number of rotatable bonds is 3. The topological polar surface area (TPSA) is 58.2 Å². The lowest BCUT2D eigenvalue weighted by molar-refractivity contribution is -0.117. The summed E-state index contributed by atoms with van der Waals surface area (Å²) >= 11 is 7.39. The van der Waals surface area contributed by atoms with Crippen LogP contribution < -0.4 is 10.9 Å². The van der Waals surface area contributed by atoms with Crippen LogP contribution in [0.3, 0.4) is 0 Å². The molecule has 0 saturated carbocycles. The van der Waals surface area contributed by atoms with Gasteiger partial charge in [-0.25, -0.2) is 0 Å². The van der Waals surface area contributed by atoms with Gasteiger partial charge in [0.25, 0.3) is 11.8 Å². The summed E-state index contributed by atoms with van der Waals surface area (Å²) in [5.74, 6) is -0.882. The Hall–Kier alpha value is -2.11. The summed E-state index contributed by atoms with van der Waals surface area (Å²) in [5, 5.41) is 2.24. The van der Waals surface area contributed by atoms with Crippen molar-refractivity contribution in [2.45, 2.75) is 0 Å². The predicted molar refractivity (Wildman–Crippen MR) is 80.4 cm³/mol. The number of carbonyl (C=O) groups is 2. The Kier molecular flexibility index (Phi) is 4.92. The minimum Gasteiger partial charge on any atom is -0.268 e. The molecule has 2 rings (SSSR count). The van der Waals surface area contributed by atoms with Gasteiger partial charge in [0.1, 0.15) is 0 Å². The maximum atomic E-state index is 11.8. The zero-order valence-electron chi connectivity index (χ0n) is 10.3. The molecule has 0 radical (unpaired) electrons. The highest BCUT2D eigenvalue weighted by Gasteiger charge is 2.09. The molecule has 0 atom stereocenters. The lowest BCUT2D eigenvalue weighted by atomic mass is 10.2. The first-order valence-electron chi connectivity index (χ1n) is 5.73. The van der Waals surface area contributed by atoms with Gasteiger partial charge in [-0.1, -0.05) is 29.8 Å². The fraction of sp³-hybridized carbons (Fsp3) is 0. The van der Waals surface area contributed by atoms with E-state index < -0.39 is 11.8 Å². The van der Waals surface area contributed by atoms with Gasteiger partial charge >= 0.3 is 0 Å². The second-order valence-corrected chi connectivity index (χ2v) is 5.16. The zero-order valence-corrected chi connectivity index (χ0v) is 11.9. The number of hydrogen-bond acceptors (Lipinski definition) is 3. The molecule has 6 heteroatoms. The van der Waals surface area contributed by atoms with Gasteiger partial charge in [-0.3, -0.25) is 20.4 Å². The van der Waals surface area contributed by atoms with Crippen LogP contribution in [0.2, 0.25) is 5.02 Å². The molecule has 2 aromatic rings. The van der Waals surface area contributed by atoms with Crippen LogP contribution in [-0.2, 0) is 4.79 Å². The number of halogens is 1. The van der Waals surface area contributed by atoms with Crippen molar-refractivity contribution >= 4 is 40.8 Å². The normalized spacial score (nSPS) is 10.4. The van der Waals surface area contributed by atoms with Crippen molar-refractivity contribution in [2.24, 2.45) is 0 Å². The van der Waals surface area contributed by atoms with Crippen molar-refractivity contribution in [3.63, 3.8) is 0 Å². The smallest absolute Gasteiger partial charge is 0.268 e. The van der Waals surface area contributed by atoms with E-state index in [-0.39, 0.29) is 0 Å². The van der Waals surface area contributed by atoms with Gasteiger partial charge in [0.2, 0.25) is 0 Å². The van der Waals surface area contributed by atoms with E-state index in [2.05, 4.69) is 10.9 Å². The van der Waals surface area contributed by atoms with Crippen LogP contribution in [-0.4, -0.2) is 11.8 Å². The van der Waals surface area contributed by atoms with E-state index in [4.69, 9.17) is 11.6 Å². The van der Waals surface area contributed by atoms with Crippen molar-refractivity contribution in [2.75, 3.05) is 0 Å². The van der Waals surface area contributed by atoms with Gasteiger partial charge in [-0.15, -0.1) is 11.3 Å². The molecule has 0 spiro atoms. The zero-order chi connectivity index (χ0) is 14.4. The molecule has 0 aliphatic heterocycles. The van der Waals surface area contributed by atoms with Crippen LogP contribution in [0.25, 0.3) is 6.08 Å². The van der Waals surface area contributed by atoms with Crippen molar-refractivity contribution in [3.8, 4) is 0 Å². The molecular weight excluding hydrogens is 296 g/mol. The van der Waals surface area contributed by atoms with Gasteiger partial charge < -0.3 is 0 Å². The van der Waals surface area contributed by atoms with E-state index in [0.29, 0.717) is 10.6 Å². The van der Waals surface area contributed by atoms with Gasteiger partial charge in [-0.2, -0.15) is 0 Å². The van der Waals surface area contributed by atoms with Crippen LogP contribution in [0.5, 0.6) is 0 Å². The fourth-order valence-corrected chi connectivity index (χ4v) is 2.26. The molecule has 4 nitrogen and oxygen atoms in total. The van der Waals surface area contributed by atoms with E-state index in [1.807, 2.05) is 17.5 Å². The number of hydrazine groups is 1. The Morgan fingerprint density at radius 1 is 1.10 bits per heavy atom. The first kappa shape index (κ1) is 14.3. The highest BCUT2D eigenvalue weighted by molar-refractivity contribution is 7.10. The number of amides is 2. The summed E-state index contributed by atoms with van der Waals surface area (Å²) in [6.07, 6.45) is 3.01. The highest BCUT2D eigenvalue weighted by atomic mass is 35.5. The summed E-state index contributed by atoms with van der Waals surface area (Å²) < 4.78 is 0. The molecule has 1 heterocycles. The van der Waals surface area contributed by atoms with Crippen molar-refractivity contribution in [3.05, 3.63) is 63.3 Å². The molecule has 20 heavy (non-hydrogen) atoms. The molecule has 2 N–H and O–H groups in total. The first-order chi connectivity index (χ1) is 9.66. The third-order valence-corrected chi connectivity index (χ3v) is 3.53. The summed E-state index contributed by atoms with van der Waals surface area (Å²) in [5.41, 5.74) is 4.89. The van der Waals surface area contributed by atoms with Crippen LogP contribution in [0.1, 0.15) is 15.2 Å². The molecule has 102 valence electrons. The average molecular weight is 307 g/mol.